The molecule has 3 N–H and O–H groups in total. The molecule has 0 unspecified atom stereocenters. The lowest BCUT2D eigenvalue weighted by atomic mass is 10.1. The van der Waals surface area contributed by atoms with Crippen LogP contribution in [0, 0.1) is 0 Å². The Balaban J connectivity index is 1.82. The van der Waals surface area contributed by atoms with Gasteiger partial charge in [0.15, 0.2) is 0 Å². The van der Waals surface area contributed by atoms with Crippen molar-refractivity contribution in [1.29, 1.82) is 0 Å². The van der Waals surface area contributed by atoms with Gasteiger partial charge in [0, 0.05) is 6.54 Å². The van der Waals surface area contributed by atoms with E-state index in [4.69, 9.17) is 5.73 Å². The standard InChI is InChI=1S/C13H27N3O/c14-12-13(17)15-8-4-1-2-5-9-16-10-6-3-7-11-16/h1-12,14H2,(H,15,17). The van der Waals surface area contributed by atoms with Gasteiger partial charge in [0.05, 0.1) is 6.54 Å². The van der Waals surface area contributed by atoms with E-state index in [1.54, 1.807) is 0 Å². The molecule has 1 heterocycles. The molecule has 0 aromatic carbocycles. The second-order valence-corrected chi connectivity index (χ2v) is 4.87. The molecule has 0 bridgehead atoms. The van der Waals surface area contributed by atoms with Gasteiger partial charge in [-0.15, -0.1) is 0 Å². The molecule has 0 aromatic heterocycles. The Hall–Kier alpha value is -0.610. The van der Waals surface area contributed by atoms with Gasteiger partial charge in [-0.2, -0.15) is 0 Å². The van der Waals surface area contributed by atoms with Crippen LogP contribution in [0.15, 0.2) is 0 Å². The number of nitrogens with one attached hydrogen (secondary N) is 1. The zero-order valence-electron chi connectivity index (χ0n) is 10.9. The van der Waals surface area contributed by atoms with Crippen molar-refractivity contribution in [3.63, 3.8) is 0 Å². The molecule has 4 nitrogen and oxygen atoms in total. The molecular weight excluding hydrogens is 214 g/mol. The number of carbonyl (C=O) groups is 1. The van der Waals surface area contributed by atoms with Gasteiger partial charge in [0.2, 0.25) is 5.91 Å². The third kappa shape index (κ3) is 7.34. The average Bonchev–Trinajstić information content (AvgIpc) is 2.38. The minimum absolute atomic E-state index is 0.0432. The number of unbranched alkanes of at least 4 members (excludes halogenated alkanes) is 3. The maximum atomic E-state index is 10.9. The molecule has 1 fully saturated rings. The molecule has 4 heteroatoms. The normalized spacial score (nSPS) is 17.0. The highest BCUT2D eigenvalue weighted by Crippen LogP contribution is 2.10. The third-order valence-corrected chi connectivity index (χ3v) is 3.36. The van der Waals surface area contributed by atoms with Crippen molar-refractivity contribution < 1.29 is 4.79 Å². The molecule has 0 radical (unpaired) electrons. The molecule has 1 aliphatic rings. The van der Waals surface area contributed by atoms with E-state index in [0.29, 0.717) is 0 Å². The number of hydrogen-bond donors (Lipinski definition) is 2. The number of hydrogen-bond acceptors (Lipinski definition) is 3. The summed E-state index contributed by atoms with van der Waals surface area (Å²) in [6, 6.07) is 0. The summed E-state index contributed by atoms with van der Waals surface area (Å²) in [7, 11) is 0. The number of carbonyl (C=O) groups excluding carboxylic acids is 1. The van der Waals surface area contributed by atoms with Gasteiger partial charge in [-0.3, -0.25) is 4.79 Å². The summed E-state index contributed by atoms with van der Waals surface area (Å²) >= 11 is 0. The summed E-state index contributed by atoms with van der Waals surface area (Å²) in [5, 5.41) is 2.80. The van der Waals surface area contributed by atoms with Crippen molar-refractivity contribution in [3.05, 3.63) is 0 Å². The summed E-state index contributed by atoms with van der Waals surface area (Å²) < 4.78 is 0. The van der Waals surface area contributed by atoms with Crippen molar-refractivity contribution >= 4 is 5.91 Å². The van der Waals surface area contributed by atoms with Gasteiger partial charge < -0.3 is 16.0 Å². The third-order valence-electron chi connectivity index (χ3n) is 3.36. The summed E-state index contributed by atoms with van der Waals surface area (Å²) in [6.45, 7) is 4.74. The van der Waals surface area contributed by atoms with Crippen LogP contribution in [-0.4, -0.2) is 43.5 Å². The number of likely N-dealkylation sites (tertiary alicyclic amines) is 1. The van der Waals surface area contributed by atoms with Gasteiger partial charge in [0.1, 0.15) is 0 Å². The topological polar surface area (TPSA) is 58.4 Å². The van der Waals surface area contributed by atoms with Gasteiger partial charge in [-0.25, -0.2) is 0 Å². The summed E-state index contributed by atoms with van der Waals surface area (Å²) in [5.74, 6) is -0.0432. The Kier molecular flexibility index (Phi) is 8.01. The fourth-order valence-corrected chi connectivity index (χ4v) is 2.30. The molecule has 1 saturated heterocycles. The Morgan fingerprint density at radius 1 is 1.06 bits per heavy atom. The zero-order chi connectivity index (χ0) is 12.3. The first-order valence-electron chi connectivity index (χ1n) is 7.02. The van der Waals surface area contributed by atoms with Crippen LogP contribution < -0.4 is 11.1 Å². The zero-order valence-corrected chi connectivity index (χ0v) is 10.9. The predicted octanol–water partition coefficient (Wildman–Crippen LogP) is 1.11. The van der Waals surface area contributed by atoms with E-state index in [0.717, 1.165) is 13.0 Å². The van der Waals surface area contributed by atoms with Gasteiger partial charge in [0.25, 0.3) is 0 Å². The van der Waals surface area contributed by atoms with Crippen LogP contribution in [-0.2, 0) is 4.79 Å². The van der Waals surface area contributed by atoms with Crippen molar-refractivity contribution in [3.8, 4) is 0 Å². The van der Waals surface area contributed by atoms with Crippen LogP contribution in [0.2, 0.25) is 0 Å². The van der Waals surface area contributed by atoms with Gasteiger partial charge in [-0.05, 0) is 45.3 Å². The van der Waals surface area contributed by atoms with Gasteiger partial charge in [-0.1, -0.05) is 19.3 Å². The molecule has 0 aliphatic carbocycles. The molecule has 0 saturated carbocycles. The van der Waals surface area contributed by atoms with Crippen LogP contribution in [0.25, 0.3) is 0 Å². The maximum Gasteiger partial charge on any atom is 0.233 e. The Morgan fingerprint density at radius 3 is 2.47 bits per heavy atom. The second kappa shape index (κ2) is 9.42. The summed E-state index contributed by atoms with van der Waals surface area (Å²) in [5.41, 5.74) is 5.20. The fraction of sp³-hybridized carbons (Fsp3) is 0.923. The number of nitrogens with zero attached hydrogens (tertiary/aromatic N) is 1. The molecule has 0 spiro atoms. The van der Waals surface area contributed by atoms with Crippen LogP contribution >= 0.6 is 0 Å². The van der Waals surface area contributed by atoms with Crippen LogP contribution in [0.4, 0.5) is 0 Å². The Bertz CT molecular complexity index is 203. The lowest BCUT2D eigenvalue weighted by molar-refractivity contribution is -0.119. The highest BCUT2D eigenvalue weighted by Gasteiger charge is 2.08. The SMILES string of the molecule is NCC(=O)NCCCCCCN1CCCCC1. The summed E-state index contributed by atoms with van der Waals surface area (Å²) in [4.78, 5) is 13.4. The van der Waals surface area contributed by atoms with E-state index in [2.05, 4.69) is 10.2 Å². The number of piperidine rings is 1. The number of nitrogens with two attached hydrogens (primary N) is 1. The maximum absolute atomic E-state index is 10.9. The molecule has 100 valence electrons. The molecule has 17 heavy (non-hydrogen) atoms. The van der Waals surface area contributed by atoms with E-state index in [-0.39, 0.29) is 12.5 Å². The first kappa shape index (κ1) is 14.5. The lowest BCUT2D eigenvalue weighted by Crippen LogP contribution is -2.31. The Labute approximate surface area is 105 Å². The summed E-state index contributed by atoms with van der Waals surface area (Å²) in [6.07, 6.45) is 9.03. The predicted molar refractivity (Wildman–Crippen MR) is 70.8 cm³/mol. The average molecular weight is 241 g/mol. The quantitative estimate of drug-likeness (QED) is 0.626. The lowest BCUT2D eigenvalue weighted by Gasteiger charge is -2.26. The first-order valence-corrected chi connectivity index (χ1v) is 7.02. The fourth-order valence-electron chi connectivity index (χ4n) is 2.30. The molecule has 1 rings (SSSR count). The van der Waals surface area contributed by atoms with Crippen LogP contribution in [0.5, 0.6) is 0 Å². The van der Waals surface area contributed by atoms with E-state index >= 15 is 0 Å². The molecule has 1 amide bonds. The minimum atomic E-state index is -0.0432. The van der Waals surface area contributed by atoms with Crippen molar-refractivity contribution in [2.45, 2.75) is 44.9 Å². The molecule has 0 aromatic rings. The van der Waals surface area contributed by atoms with Crippen LogP contribution in [0.3, 0.4) is 0 Å². The minimum Gasteiger partial charge on any atom is -0.355 e. The highest BCUT2D eigenvalue weighted by molar-refractivity contribution is 5.77. The first-order chi connectivity index (χ1) is 8.33. The van der Waals surface area contributed by atoms with Crippen LogP contribution in [0.1, 0.15) is 44.9 Å². The van der Waals surface area contributed by atoms with E-state index < -0.39 is 0 Å². The van der Waals surface area contributed by atoms with E-state index in [1.807, 2.05) is 0 Å². The Morgan fingerprint density at radius 2 is 1.76 bits per heavy atom. The second-order valence-electron chi connectivity index (χ2n) is 4.87. The molecule has 1 aliphatic heterocycles. The molecular formula is C13H27N3O. The smallest absolute Gasteiger partial charge is 0.233 e. The van der Waals surface area contributed by atoms with E-state index in [9.17, 15) is 4.79 Å². The highest BCUT2D eigenvalue weighted by atomic mass is 16.1. The van der Waals surface area contributed by atoms with Crippen molar-refractivity contribution in [2.24, 2.45) is 5.73 Å². The van der Waals surface area contributed by atoms with Crippen molar-refractivity contribution in [2.75, 3.05) is 32.7 Å². The van der Waals surface area contributed by atoms with Crippen molar-refractivity contribution in [1.82, 2.24) is 10.2 Å². The van der Waals surface area contributed by atoms with Gasteiger partial charge >= 0.3 is 0 Å². The number of amides is 1. The van der Waals surface area contributed by atoms with E-state index in [1.165, 1.54) is 58.2 Å². The monoisotopic (exact) mass is 241 g/mol. The largest absolute Gasteiger partial charge is 0.355 e. The number of rotatable bonds is 8. The molecule has 0 atom stereocenters.